The smallest absolute Gasteiger partial charge is 0.100 e. The van der Waals surface area contributed by atoms with E-state index in [1.54, 1.807) is 11.3 Å². The Balaban J connectivity index is 2.10. The monoisotopic (exact) mass is 258 g/mol. The van der Waals surface area contributed by atoms with E-state index < -0.39 is 5.60 Å². The van der Waals surface area contributed by atoms with E-state index in [1.165, 1.54) is 0 Å². The van der Waals surface area contributed by atoms with E-state index in [0.717, 1.165) is 47.4 Å². The van der Waals surface area contributed by atoms with Gasteiger partial charge in [-0.2, -0.15) is 0 Å². The van der Waals surface area contributed by atoms with E-state index in [2.05, 4.69) is 13.8 Å². The maximum absolute atomic E-state index is 10.6. The van der Waals surface area contributed by atoms with Crippen LogP contribution >= 0.6 is 22.9 Å². The molecule has 90 valence electrons. The van der Waals surface area contributed by atoms with Crippen LogP contribution in [0.3, 0.4) is 0 Å². The maximum atomic E-state index is 10.6. The third-order valence-electron chi connectivity index (χ3n) is 3.84. The normalized spacial score (nSPS) is 30.9. The van der Waals surface area contributed by atoms with Crippen molar-refractivity contribution in [3.63, 3.8) is 0 Å². The second-order valence-corrected chi connectivity index (χ2v) is 6.53. The van der Waals surface area contributed by atoms with Crippen molar-refractivity contribution in [2.75, 3.05) is 0 Å². The molecule has 0 bridgehead atoms. The minimum atomic E-state index is -0.656. The predicted molar refractivity (Wildman–Crippen MR) is 70.0 cm³/mol. The minimum absolute atomic E-state index is 0.656. The fourth-order valence-corrected chi connectivity index (χ4v) is 4.03. The molecule has 1 aliphatic rings. The Labute approximate surface area is 106 Å². The third kappa shape index (κ3) is 2.29. The highest BCUT2D eigenvalue weighted by atomic mass is 35.5. The van der Waals surface area contributed by atoms with Crippen molar-refractivity contribution in [2.24, 2.45) is 11.8 Å². The summed E-state index contributed by atoms with van der Waals surface area (Å²) >= 11 is 7.69. The highest BCUT2D eigenvalue weighted by molar-refractivity contribution is 7.10. The number of hydrogen-bond donors (Lipinski definition) is 1. The molecule has 1 fully saturated rings. The molecular formula is C13H19ClOS. The van der Waals surface area contributed by atoms with Crippen molar-refractivity contribution < 1.29 is 5.11 Å². The largest absolute Gasteiger partial charge is 0.384 e. The molecule has 0 radical (unpaired) electrons. The van der Waals surface area contributed by atoms with Crippen LogP contribution in [0.4, 0.5) is 0 Å². The second-order valence-electron chi connectivity index (χ2n) is 5.21. The van der Waals surface area contributed by atoms with Crippen molar-refractivity contribution >= 4 is 22.9 Å². The molecule has 1 aromatic heterocycles. The van der Waals surface area contributed by atoms with Gasteiger partial charge in [0.15, 0.2) is 0 Å². The van der Waals surface area contributed by atoms with Crippen LogP contribution in [0.25, 0.3) is 0 Å². The van der Waals surface area contributed by atoms with Crippen molar-refractivity contribution in [1.29, 1.82) is 0 Å². The van der Waals surface area contributed by atoms with E-state index >= 15 is 0 Å². The maximum Gasteiger partial charge on any atom is 0.100 e. The van der Waals surface area contributed by atoms with Crippen molar-refractivity contribution in [3.05, 3.63) is 21.3 Å². The van der Waals surface area contributed by atoms with Gasteiger partial charge in [0, 0.05) is 0 Å². The standard InChI is InChI=1S/C13H19ClOS/c1-9(2)10-3-6-13(15,7-4-10)12-11(14)5-8-16-12/h5,8-10,15H,3-4,6-7H2,1-2H3. The molecule has 1 heterocycles. The summed E-state index contributed by atoms with van der Waals surface area (Å²) in [5.41, 5.74) is -0.656. The van der Waals surface area contributed by atoms with E-state index in [9.17, 15) is 5.11 Å². The van der Waals surface area contributed by atoms with Gasteiger partial charge in [0.25, 0.3) is 0 Å². The van der Waals surface area contributed by atoms with Crippen LogP contribution in [-0.2, 0) is 5.60 Å². The van der Waals surface area contributed by atoms with Gasteiger partial charge in [-0.05, 0) is 49.0 Å². The highest BCUT2D eigenvalue weighted by Gasteiger charge is 2.37. The van der Waals surface area contributed by atoms with E-state index in [0.29, 0.717) is 0 Å². The zero-order chi connectivity index (χ0) is 11.8. The molecule has 0 amide bonds. The summed E-state index contributed by atoms with van der Waals surface area (Å²) in [5, 5.41) is 13.3. The van der Waals surface area contributed by atoms with Crippen LogP contribution in [0.2, 0.25) is 5.02 Å². The molecule has 1 aliphatic carbocycles. The van der Waals surface area contributed by atoms with Gasteiger partial charge in [0.2, 0.25) is 0 Å². The first-order chi connectivity index (χ1) is 7.53. The first-order valence-corrected chi connectivity index (χ1v) is 7.24. The van der Waals surface area contributed by atoms with Gasteiger partial charge in [-0.1, -0.05) is 25.4 Å². The topological polar surface area (TPSA) is 20.2 Å². The summed E-state index contributed by atoms with van der Waals surface area (Å²) in [6.45, 7) is 4.54. The Morgan fingerprint density at radius 1 is 1.44 bits per heavy atom. The lowest BCUT2D eigenvalue weighted by atomic mass is 9.74. The summed E-state index contributed by atoms with van der Waals surface area (Å²) in [7, 11) is 0. The molecule has 0 aromatic carbocycles. The first-order valence-electron chi connectivity index (χ1n) is 5.99. The molecular weight excluding hydrogens is 240 g/mol. The van der Waals surface area contributed by atoms with Crippen molar-refractivity contribution in [1.82, 2.24) is 0 Å². The summed E-state index contributed by atoms with van der Waals surface area (Å²) < 4.78 is 0. The van der Waals surface area contributed by atoms with Gasteiger partial charge in [-0.15, -0.1) is 11.3 Å². The zero-order valence-electron chi connectivity index (χ0n) is 9.87. The zero-order valence-corrected chi connectivity index (χ0v) is 11.4. The summed E-state index contributed by atoms with van der Waals surface area (Å²) in [6, 6.07) is 1.88. The number of hydrogen-bond acceptors (Lipinski definition) is 2. The average molecular weight is 259 g/mol. The van der Waals surface area contributed by atoms with E-state index in [-0.39, 0.29) is 0 Å². The van der Waals surface area contributed by atoms with Gasteiger partial charge in [0.05, 0.1) is 9.90 Å². The van der Waals surface area contributed by atoms with Crippen LogP contribution < -0.4 is 0 Å². The fourth-order valence-electron chi connectivity index (χ4n) is 2.64. The van der Waals surface area contributed by atoms with Crippen LogP contribution in [0.5, 0.6) is 0 Å². The van der Waals surface area contributed by atoms with E-state index in [1.807, 2.05) is 11.4 Å². The molecule has 0 aliphatic heterocycles. The number of halogens is 1. The molecule has 1 N–H and O–H groups in total. The Kier molecular flexibility index (Phi) is 3.62. The Hall–Kier alpha value is -0.0500. The van der Waals surface area contributed by atoms with Gasteiger partial charge < -0.3 is 5.11 Å². The summed E-state index contributed by atoms with van der Waals surface area (Å²) in [6.07, 6.45) is 3.94. The predicted octanol–water partition coefficient (Wildman–Crippen LogP) is 4.44. The van der Waals surface area contributed by atoms with Gasteiger partial charge >= 0.3 is 0 Å². The Morgan fingerprint density at radius 3 is 2.50 bits per heavy atom. The molecule has 2 rings (SSSR count). The third-order valence-corrected chi connectivity index (χ3v) is 5.37. The molecule has 1 saturated carbocycles. The fraction of sp³-hybridized carbons (Fsp3) is 0.692. The van der Waals surface area contributed by atoms with Crippen molar-refractivity contribution in [2.45, 2.75) is 45.1 Å². The molecule has 0 saturated heterocycles. The van der Waals surface area contributed by atoms with E-state index in [4.69, 9.17) is 11.6 Å². The SMILES string of the molecule is CC(C)C1CCC(O)(c2sccc2Cl)CC1. The van der Waals surface area contributed by atoms with Gasteiger partial charge in [-0.3, -0.25) is 0 Å². The van der Waals surface area contributed by atoms with Crippen LogP contribution in [0, 0.1) is 11.8 Å². The Bertz CT molecular complexity index is 351. The number of aliphatic hydroxyl groups is 1. The molecule has 0 spiro atoms. The molecule has 0 unspecified atom stereocenters. The molecule has 3 heteroatoms. The second kappa shape index (κ2) is 4.67. The van der Waals surface area contributed by atoms with Crippen molar-refractivity contribution in [3.8, 4) is 0 Å². The average Bonchev–Trinajstić information content (AvgIpc) is 2.66. The summed E-state index contributed by atoms with van der Waals surface area (Å²) in [4.78, 5) is 0.969. The molecule has 16 heavy (non-hydrogen) atoms. The minimum Gasteiger partial charge on any atom is -0.384 e. The van der Waals surface area contributed by atoms with Crippen LogP contribution in [-0.4, -0.2) is 5.11 Å². The molecule has 0 atom stereocenters. The lowest BCUT2D eigenvalue weighted by Gasteiger charge is -2.37. The van der Waals surface area contributed by atoms with Crippen LogP contribution in [0.15, 0.2) is 11.4 Å². The quantitative estimate of drug-likeness (QED) is 0.832. The number of rotatable bonds is 2. The van der Waals surface area contributed by atoms with Crippen LogP contribution in [0.1, 0.15) is 44.4 Å². The lowest BCUT2D eigenvalue weighted by Crippen LogP contribution is -2.32. The molecule has 1 nitrogen and oxygen atoms in total. The lowest BCUT2D eigenvalue weighted by molar-refractivity contribution is -0.0167. The Morgan fingerprint density at radius 2 is 2.06 bits per heavy atom. The first kappa shape index (κ1) is 12.4. The van der Waals surface area contributed by atoms with Gasteiger partial charge in [-0.25, -0.2) is 0 Å². The highest BCUT2D eigenvalue weighted by Crippen LogP contribution is 2.45. The number of thiophene rings is 1. The van der Waals surface area contributed by atoms with Gasteiger partial charge in [0.1, 0.15) is 5.60 Å². The summed E-state index contributed by atoms with van der Waals surface area (Å²) in [5.74, 6) is 1.49. The molecule has 1 aromatic rings.